The standard InChI is InChI=1S/C16H15BrN4O/c17-12-4-2-11(3-5-12)16(6-1-7-16)15(18)21-14(22)13-10-19-8-9-20-13/h2-5,8-10H,1,6-7H2,(H2,18,21,22)/p+1. The van der Waals surface area contributed by atoms with Crippen molar-refractivity contribution in [2.75, 3.05) is 0 Å². The second-order valence-electron chi connectivity index (χ2n) is 5.34. The predicted octanol–water partition coefficient (Wildman–Crippen LogP) is 2.81. The van der Waals surface area contributed by atoms with E-state index in [0.29, 0.717) is 5.69 Å². The number of rotatable bonds is 3. The van der Waals surface area contributed by atoms with Gasteiger partial charge < -0.3 is 5.11 Å². The van der Waals surface area contributed by atoms with Crippen LogP contribution in [0.5, 0.6) is 0 Å². The van der Waals surface area contributed by atoms with Gasteiger partial charge in [-0.1, -0.05) is 34.5 Å². The number of aliphatic imine (C=N–C) groups is 1. The van der Waals surface area contributed by atoms with Gasteiger partial charge in [0.25, 0.3) is 0 Å². The van der Waals surface area contributed by atoms with Gasteiger partial charge in [0.1, 0.15) is 5.84 Å². The summed E-state index contributed by atoms with van der Waals surface area (Å²) in [5.41, 5.74) is 1.11. The third-order valence-electron chi connectivity index (χ3n) is 4.09. The molecule has 1 aromatic carbocycles. The number of aromatic nitrogens is 2. The third-order valence-corrected chi connectivity index (χ3v) is 4.62. The zero-order chi connectivity index (χ0) is 15.6. The van der Waals surface area contributed by atoms with E-state index in [0.717, 1.165) is 29.3 Å². The van der Waals surface area contributed by atoms with Crippen LogP contribution in [0.3, 0.4) is 0 Å². The van der Waals surface area contributed by atoms with E-state index >= 15 is 0 Å². The highest BCUT2D eigenvalue weighted by Crippen LogP contribution is 2.45. The molecule has 0 amide bonds. The highest BCUT2D eigenvalue weighted by atomic mass is 79.9. The van der Waals surface area contributed by atoms with Crippen LogP contribution < -0.4 is 0 Å². The molecule has 1 aromatic heterocycles. The van der Waals surface area contributed by atoms with Crippen molar-refractivity contribution in [2.24, 2.45) is 4.99 Å². The lowest BCUT2D eigenvalue weighted by Crippen LogP contribution is -2.41. The zero-order valence-electron chi connectivity index (χ0n) is 11.9. The van der Waals surface area contributed by atoms with Crippen molar-refractivity contribution in [1.29, 1.82) is 5.41 Å². The van der Waals surface area contributed by atoms with Crippen LogP contribution in [-0.4, -0.2) is 26.8 Å². The van der Waals surface area contributed by atoms with Crippen molar-refractivity contribution in [3.05, 3.63) is 58.6 Å². The van der Waals surface area contributed by atoms with Crippen LogP contribution in [0.4, 0.5) is 0 Å². The Kier molecular flexibility index (Phi) is 4.02. The number of hydrogen-bond donors (Lipinski definition) is 1. The van der Waals surface area contributed by atoms with Crippen LogP contribution in [0.15, 0.2) is 52.3 Å². The molecule has 0 atom stereocenters. The van der Waals surface area contributed by atoms with Gasteiger partial charge in [-0.25, -0.2) is 4.98 Å². The van der Waals surface area contributed by atoms with Gasteiger partial charge in [-0.3, -0.25) is 10.4 Å². The Morgan fingerprint density at radius 3 is 2.50 bits per heavy atom. The quantitative estimate of drug-likeness (QED) is 0.519. The maximum atomic E-state index is 8.40. The van der Waals surface area contributed by atoms with Crippen LogP contribution in [0, 0.1) is 5.41 Å². The summed E-state index contributed by atoms with van der Waals surface area (Å²) in [4.78, 5) is 12.2. The van der Waals surface area contributed by atoms with E-state index < -0.39 is 0 Å². The molecule has 0 spiro atoms. The Labute approximate surface area is 136 Å². The number of halogens is 1. The molecule has 112 valence electrons. The largest absolute Gasteiger partial charge is 0.577 e. The highest BCUT2D eigenvalue weighted by Gasteiger charge is 2.43. The van der Waals surface area contributed by atoms with E-state index in [-0.39, 0.29) is 17.1 Å². The molecule has 3 rings (SSSR count). The van der Waals surface area contributed by atoms with E-state index in [1.54, 1.807) is 6.20 Å². The fourth-order valence-electron chi connectivity index (χ4n) is 2.66. The van der Waals surface area contributed by atoms with Crippen LogP contribution in [0.25, 0.3) is 0 Å². The van der Waals surface area contributed by atoms with Crippen LogP contribution in [-0.2, 0) is 5.41 Å². The number of amidine groups is 1. The third kappa shape index (κ3) is 2.66. The first-order valence-corrected chi connectivity index (χ1v) is 7.83. The van der Waals surface area contributed by atoms with Gasteiger partial charge in [0.05, 0.1) is 11.6 Å². The summed E-state index contributed by atoms with van der Waals surface area (Å²) in [5.74, 6) is 0.221. The summed E-state index contributed by atoms with van der Waals surface area (Å²) < 4.78 is 1.02. The van der Waals surface area contributed by atoms with Crippen molar-refractivity contribution < 1.29 is 5.11 Å². The zero-order valence-corrected chi connectivity index (χ0v) is 13.5. The average molecular weight is 360 g/mol. The molecule has 3 N–H and O–H groups in total. The van der Waals surface area contributed by atoms with Crippen LogP contribution >= 0.6 is 15.9 Å². The minimum atomic E-state index is -0.366. The van der Waals surface area contributed by atoms with Crippen molar-refractivity contribution in [2.45, 2.75) is 24.7 Å². The molecule has 2 aromatic rings. The first-order chi connectivity index (χ1) is 10.6. The van der Waals surface area contributed by atoms with E-state index in [1.165, 1.54) is 12.4 Å². The lowest BCUT2D eigenvalue weighted by atomic mass is 9.63. The fraction of sp³-hybridized carbons (Fsp3) is 0.250. The van der Waals surface area contributed by atoms with E-state index in [4.69, 9.17) is 10.5 Å². The monoisotopic (exact) mass is 359 g/mol. The molecule has 0 saturated heterocycles. The Morgan fingerprint density at radius 2 is 1.95 bits per heavy atom. The first-order valence-electron chi connectivity index (χ1n) is 7.03. The SMILES string of the molecule is N=C(N=C([OH2+])c1cnccn1)C1(c2ccc(Br)cc2)CCC1. The van der Waals surface area contributed by atoms with Gasteiger partial charge in [0, 0.05) is 16.9 Å². The molecule has 22 heavy (non-hydrogen) atoms. The van der Waals surface area contributed by atoms with Gasteiger partial charge in [0.2, 0.25) is 0 Å². The first kappa shape index (κ1) is 14.8. The lowest BCUT2D eigenvalue weighted by Gasteiger charge is -2.40. The molecule has 0 aliphatic heterocycles. The molecule has 1 aliphatic carbocycles. The molecule has 1 heterocycles. The van der Waals surface area contributed by atoms with Crippen molar-refractivity contribution in [3.63, 3.8) is 0 Å². The van der Waals surface area contributed by atoms with Crippen molar-refractivity contribution >= 4 is 27.7 Å². The van der Waals surface area contributed by atoms with Gasteiger partial charge in [0.15, 0.2) is 5.69 Å². The topological polar surface area (TPSA) is 84.9 Å². The number of benzene rings is 1. The molecular formula is C16H16BrN4O+. The minimum absolute atomic E-state index is 0.0125. The lowest BCUT2D eigenvalue weighted by molar-refractivity contribution is 0.336. The van der Waals surface area contributed by atoms with Gasteiger partial charge in [-0.15, -0.1) is 4.99 Å². The Hall–Kier alpha value is -2.08. The summed E-state index contributed by atoms with van der Waals surface area (Å²) >= 11 is 3.43. The highest BCUT2D eigenvalue weighted by molar-refractivity contribution is 9.10. The molecule has 6 heteroatoms. The number of hydrogen-bond acceptors (Lipinski definition) is 3. The predicted molar refractivity (Wildman–Crippen MR) is 89.6 cm³/mol. The fourth-order valence-corrected chi connectivity index (χ4v) is 2.92. The molecule has 1 fully saturated rings. The van der Waals surface area contributed by atoms with E-state index in [9.17, 15) is 0 Å². The van der Waals surface area contributed by atoms with Crippen molar-refractivity contribution in [3.8, 4) is 0 Å². The molecular weight excluding hydrogens is 344 g/mol. The van der Waals surface area contributed by atoms with E-state index in [2.05, 4.69) is 30.9 Å². The molecule has 1 saturated carbocycles. The second-order valence-corrected chi connectivity index (χ2v) is 6.26. The Balaban J connectivity index is 1.91. The molecule has 1 aliphatic rings. The Bertz CT molecular complexity index is 709. The van der Waals surface area contributed by atoms with Gasteiger partial charge in [-0.05, 0) is 30.5 Å². The molecule has 0 bridgehead atoms. The average Bonchev–Trinajstić information content (AvgIpc) is 2.49. The summed E-state index contributed by atoms with van der Waals surface area (Å²) in [6, 6.07) is 8.02. The van der Waals surface area contributed by atoms with Gasteiger partial charge >= 0.3 is 5.90 Å². The second kappa shape index (κ2) is 5.96. The van der Waals surface area contributed by atoms with Crippen molar-refractivity contribution in [1.82, 2.24) is 9.97 Å². The molecule has 5 nitrogen and oxygen atoms in total. The van der Waals surface area contributed by atoms with E-state index in [1.807, 2.05) is 24.3 Å². The minimum Gasteiger partial charge on any atom is -0.577 e. The summed E-state index contributed by atoms with van der Waals surface area (Å²) in [5, 5.41) is 16.4. The number of nitrogens with zero attached hydrogens (tertiary/aromatic N) is 3. The van der Waals surface area contributed by atoms with Crippen LogP contribution in [0.2, 0.25) is 0 Å². The maximum Gasteiger partial charge on any atom is 0.386 e. The molecule has 0 radical (unpaired) electrons. The Morgan fingerprint density at radius 1 is 1.23 bits per heavy atom. The molecule has 0 unspecified atom stereocenters. The normalized spacial score (nSPS) is 16.9. The number of nitrogens with one attached hydrogen (secondary N) is 1. The summed E-state index contributed by atoms with van der Waals surface area (Å²) in [6.45, 7) is 0. The summed E-state index contributed by atoms with van der Waals surface area (Å²) in [6.07, 6.45) is 7.43. The smallest absolute Gasteiger partial charge is 0.386 e. The maximum absolute atomic E-state index is 8.40. The summed E-state index contributed by atoms with van der Waals surface area (Å²) in [7, 11) is 0. The van der Waals surface area contributed by atoms with Crippen LogP contribution in [0.1, 0.15) is 30.5 Å². The van der Waals surface area contributed by atoms with Gasteiger partial charge in [-0.2, -0.15) is 0 Å².